The van der Waals surface area contributed by atoms with Crippen LogP contribution in [0.4, 0.5) is 0 Å². The SMILES string of the molecule is CCCCCCCCC(CC(C(=O)OCC)C(C)C)C(C)C. The fourth-order valence-corrected chi connectivity index (χ4v) is 3.13. The smallest absolute Gasteiger partial charge is 0.309 e. The van der Waals surface area contributed by atoms with E-state index < -0.39 is 0 Å². The molecular formula is C20H40O2. The number of carbonyl (C=O) groups is 1. The number of carbonyl (C=O) groups excluding carboxylic acids is 1. The Morgan fingerprint density at radius 2 is 1.45 bits per heavy atom. The molecule has 2 nitrogen and oxygen atoms in total. The van der Waals surface area contributed by atoms with Crippen molar-refractivity contribution in [1.82, 2.24) is 0 Å². The van der Waals surface area contributed by atoms with Crippen molar-refractivity contribution in [1.29, 1.82) is 0 Å². The van der Waals surface area contributed by atoms with Crippen molar-refractivity contribution < 1.29 is 9.53 Å². The summed E-state index contributed by atoms with van der Waals surface area (Å²) in [6, 6.07) is 0. The maximum absolute atomic E-state index is 12.2. The topological polar surface area (TPSA) is 26.3 Å². The highest BCUT2D eigenvalue weighted by Crippen LogP contribution is 2.30. The summed E-state index contributed by atoms with van der Waals surface area (Å²) in [7, 11) is 0. The van der Waals surface area contributed by atoms with Gasteiger partial charge in [0.25, 0.3) is 0 Å². The molecule has 0 aromatic heterocycles. The van der Waals surface area contributed by atoms with Crippen molar-refractivity contribution in [3.8, 4) is 0 Å². The number of hydrogen-bond donors (Lipinski definition) is 0. The molecule has 0 spiro atoms. The molecule has 2 heteroatoms. The van der Waals surface area contributed by atoms with E-state index in [2.05, 4.69) is 34.6 Å². The lowest BCUT2D eigenvalue weighted by Crippen LogP contribution is -2.27. The quantitative estimate of drug-likeness (QED) is 0.297. The van der Waals surface area contributed by atoms with Gasteiger partial charge >= 0.3 is 5.97 Å². The normalized spacial score (nSPS) is 14.4. The summed E-state index contributed by atoms with van der Waals surface area (Å²) in [5, 5.41) is 0. The third-order valence-corrected chi connectivity index (χ3v) is 4.82. The highest BCUT2D eigenvalue weighted by atomic mass is 16.5. The zero-order chi connectivity index (χ0) is 17.0. The number of unbranched alkanes of at least 4 members (excludes halogenated alkanes) is 5. The molecule has 0 amide bonds. The van der Waals surface area contributed by atoms with Crippen LogP contribution in [0, 0.1) is 23.7 Å². The van der Waals surface area contributed by atoms with Gasteiger partial charge in [-0.2, -0.15) is 0 Å². The number of esters is 1. The molecule has 0 radical (unpaired) electrons. The molecule has 0 bridgehead atoms. The molecule has 0 rings (SSSR count). The number of ether oxygens (including phenoxy) is 1. The summed E-state index contributed by atoms with van der Waals surface area (Å²) in [4.78, 5) is 12.2. The van der Waals surface area contributed by atoms with Crippen LogP contribution in [0.15, 0.2) is 0 Å². The Morgan fingerprint density at radius 1 is 0.864 bits per heavy atom. The Hall–Kier alpha value is -0.530. The van der Waals surface area contributed by atoms with Crippen molar-refractivity contribution in [2.45, 2.75) is 92.9 Å². The van der Waals surface area contributed by atoms with Gasteiger partial charge in [0, 0.05) is 0 Å². The largest absolute Gasteiger partial charge is 0.466 e. The van der Waals surface area contributed by atoms with Gasteiger partial charge in [-0.25, -0.2) is 0 Å². The first kappa shape index (κ1) is 21.5. The van der Waals surface area contributed by atoms with Crippen LogP contribution in [-0.2, 0) is 9.53 Å². The molecule has 0 saturated carbocycles. The minimum Gasteiger partial charge on any atom is -0.466 e. The van der Waals surface area contributed by atoms with Gasteiger partial charge in [-0.15, -0.1) is 0 Å². The van der Waals surface area contributed by atoms with Crippen molar-refractivity contribution in [2.24, 2.45) is 23.7 Å². The van der Waals surface area contributed by atoms with Crippen molar-refractivity contribution >= 4 is 5.97 Å². The molecule has 2 atom stereocenters. The molecule has 0 aromatic rings. The van der Waals surface area contributed by atoms with Gasteiger partial charge in [0.1, 0.15) is 0 Å². The number of rotatable bonds is 13. The third-order valence-electron chi connectivity index (χ3n) is 4.82. The summed E-state index contributed by atoms with van der Waals surface area (Å²) in [6.45, 7) is 13.5. The van der Waals surface area contributed by atoms with Crippen LogP contribution in [0.1, 0.15) is 92.9 Å². The fraction of sp³-hybridized carbons (Fsp3) is 0.950. The van der Waals surface area contributed by atoms with Gasteiger partial charge in [0.2, 0.25) is 0 Å². The Kier molecular flexibility index (Phi) is 12.6. The first-order valence-corrected chi connectivity index (χ1v) is 9.60. The van der Waals surface area contributed by atoms with E-state index in [4.69, 9.17) is 4.74 Å². The van der Waals surface area contributed by atoms with Crippen molar-refractivity contribution in [3.63, 3.8) is 0 Å². The molecule has 0 aliphatic rings. The van der Waals surface area contributed by atoms with Gasteiger partial charge in [-0.05, 0) is 31.1 Å². The lowest BCUT2D eigenvalue weighted by molar-refractivity contribution is -0.150. The average Bonchev–Trinajstić information content (AvgIpc) is 2.45. The van der Waals surface area contributed by atoms with Crippen molar-refractivity contribution in [3.05, 3.63) is 0 Å². The summed E-state index contributed by atoms with van der Waals surface area (Å²) < 4.78 is 5.28. The minimum atomic E-state index is 0.00564. The summed E-state index contributed by atoms with van der Waals surface area (Å²) in [5.41, 5.74) is 0. The van der Waals surface area contributed by atoms with Gasteiger partial charge in [0.05, 0.1) is 12.5 Å². The van der Waals surface area contributed by atoms with E-state index in [9.17, 15) is 4.79 Å². The monoisotopic (exact) mass is 312 g/mol. The minimum absolute atomic E-state index is 0.00564. The van der Waals surface area contributed by atoms with Crippen LogP contribution < -0.4 is 0 Å². The second-order valence-corrected chi connectivity index (χ2v) is 7.40. The van der Waals surface area contributed by atoms with Gasteiger partial charge < -0.3 is 4.74 Å². The molecular weight excluding hydrogens is 272 g/mol. The second-order valence-electron chi connectivity index (χ2n) is 7.40. The maximum Gasteiger partial charge on any atom is 0.309 e. The molecule has 0 heterocycles. The zero-order valence-corrected chi connectivity index (χ0v) is 16.0. The molecule has 0 N–H and O–H groups in total. The van der Waals surface area contributed by atoms with Crippen LogP contribution in [0.5, 0.6) is 0 Å². The summed E-state index contributed by atoms with van der Waals surface area (Å²) in [5.74, 6) is 1.72. The van der Waals surface area contributed by atoms with Crippen molar-refractivity contribution in [2.75, 3.05) is 6.61 Å². The van der Waals surface area contributed by atoms with E-state index in [0.29, 0.717) is 24.4 Å². The Bertz CT molecular complexity index is 271. The predicted molar refractivity (Wildman–Crippen MR) is 95.9 cm³/mol. The van der Waals surface area contributed by atoms with E-state index in [1.54, 1.807) is 0 Å². The molecule has 0 fully saturated rings. The summed E-state index contributed by atoms with van der Waals surface area (Å²) >= 11 is 0. The zero-order valence-electron chi connectivity index (χ0n) is 16.0. The molecule has 0 aliphatic carbocycles. The summed E-state index contributed by atoms with van der Waals surface area (Å²) in [6.07, 6.45) is 10.3. The Morgan fingerprint density at radius 3 is 1.95 bits per heavy atom. The predicted octanol–water partition coefficient (Wildman–Crippen LogP) is 6.23. The van der Waals surface area contributed by atoms with Crippen LogP contribution in [0.2, 0.25) is 0 Å². The maximum atomic E-state index is 12.2. The van der Waals surface area contributed by atoms with E-state index in [0.717, 1.165) is 6.42 Å². The third kappa shape index (κ3) is 9.48. The average molecular weight is 313 g/mol. The van der Waals surface area contributed by atoms with Crippen LogP contribution >= 0.6 is 0 Å². The highest BCUT2D eigenvalue weighted by Gasteiger charge is 2.28. The first-order valence-electron chi connectivity index (χ1n) is 9.60. The van der Waals surface area contributed by atoms with Crippen LogP contribution in [0.3, 0.4) is 0 Å². The van der Waals surface area contributed by atoms with Gasteiger partial charge in [-0.1, -0.05) is 79.6 Å². The lowest BCUT2D eigenvalue weighted by atomic mass is 9.79. The fourth-order valence-electron chi connectivity index (χ4n) is 3.13. The molecule has 0 aliphatic heterocycles. The molecule has 132 valence electrons. The molecule has 22 heavy (non-hydrogen) atoms. The van der Waals surface area contributed by atoms with E-state index >= 15 is 0 Å². The van der Waals surface area contributed by atoms with Crippen LogP contribution in [-0.4, -0.2) is 12.6 Å². The van der Waals surface area contributed by atoms with Gasteiger partial charge in [0.15, 0.2) is 0 Å². The lowest BCUT2D eigenvalue weighted by Gasteiger charge is -2.27. The second kappa shape index (κ2) is 13.0. The molecule has 0 saturated heterocycles. The Labute approximate surface area is 139 Å². The highest BCUT2D eigenvalue weighted by molar-refractivity contribution is 5.72. The molecule has 2 unspecified atom stereocenters. The Balaban J connectivity index is 4.32. The number of hydrogen-bond acceptors (Lipinski definition) is 2. The van der Waals surface area contributed by atoms with Crippen LogP contribution in [0.25, 0.3) is 0 Å². The standard InChI is InChI=1S/C20H40O2/c1-7-9-10-11-12-13-14-18(16(3)4)15-19(17(5)6)20(21)22-8-2/h16-19H,7-15H2,1-6H3. The van der Waals surface area contributed by atoms with E-state index in [-0.39, 0.29) is 11.9 Å². The molecule has 0 aromatic carbocycles. The van der Waals surface area contributed by atoms with E-state index in [1.165, 1.54) is 44.9 Å². The first-order chi connectivity index (χ1) is 10.4. The van der Waals surface area contributed by atoms with Gasteiger partial charge in [-0.3, -0.25) is 4.79 Å². The van der Waals surface area contributed by atoms with E-state index in [1.807, 2.05) is 6.92 Å².